The van der Waals surface area contributed by atoms with Crippen molar-refractivity contribution >= 4 is 29.2 Å². The molecule has 2 saturated heterocycles. The number of piperidine rings is 2. The van der Waals surface area contributed by atoms with Gasteiger partial charge in [-0.1, -0.05) is 76.2 Å². The predicted molar refractivity (Wildman–Crippen MR) is 213 cm³/mol. The molecule has 2 amide bonds. The van der Waals surface area contributed by atoms with E-state index in [9.17, 15) is 19.5 Å². The van der Waals surface area contributed by atoms with Crippen LogP contribution in [0.25, 0.3) is 0 Å². The van der Waals surface area contributed by atoms with Crippen LogP contribution in [0, 0.1) is 11.8 Å². The lowest BCUT2D eigenvalue weighted by atomic mass is 9.89. The molecule has 2 heterocycles. The van der Waals surface area contributed by atoms with Crippen LogP contribution in [0.5, 0.6) is 0 Å². The van der Waals surface area contributed by atoms with Crippen molar-refractivity contribution in [3.8, 4) is 0 Å². The van der Waals surface area contributed by atoms with E-state index in [1.807, 2.05) is 12.1 Å². The van der Waals surface area contributed by atoms with Crippen LogP contribution in [0.3, 0.4) is 0 Å². The number of carboxylic acids is 1. The van der Waals surface area contributed by atoms with Gasteiger partial charge in [0.1, 0.15) is 5.92 Å². The van der Waals surface area contributed by atoms with E-state index in [4.69, 9.17) is 4.74 Å². The molecule has 0 aromatic heterocycles. The van der Waals surface area contributed by atoms with Gasteiger partial charge in [-0.25, -0.2) is 4.79 Å². The Morgan fingerprint density at radius 3 is 1.55 bits per heavy atom. The number of hydrogen-bond donors (Lipinski definition) is 3. The molecule has 9 nitrogen and oxygen atoms in total. The van der Waals surface area contributed by atoms with Crippen molar-refractivity contribution in [2.45, 2.75) is 104 Å². The molecule has 2 aliphatic heterocycles. The third-order valence-electron chi connectivity index (χ3n) is 10.6. The first-order valence-corrected chi connectivity index (χ1v) is 19.7. The number of methoxy groups -OCH3 is 1. The molecule has 2 fully saturated rings. The highest BCUT2D eigenvalue weighted by molar-refractivity contribution is 6.06. The minimum atomic E-state index is -1.23. The summed E-state index contributed by atoms with van der Waals surface area (Å²) >= 11 is 0. The zero-order valence-corrected chi connectivity index (χ0v) is 32.4. The van der Waals surface area contributed by atoms with Crippen molar-refractivity contribution in [1.82, 2.24) is 10.6 Å². The van der Waals surface area contributed by atoms with E-state index in [0.717, 1.165) is 74.4 Å². The highest BCUT2D eigenvalue weighted by atomic mass is 16.5. The molecule has 0 radical (unpaired) electrons. The number of nitrogens with zero attached hydrogens (tertiary/aromatic N) is 2. The Morgan fingerprint density at radius 2 is 1.13 bits per heavy atom. The second kappa shape index (κ2) is 19.1. The topological polar surface area (TPSA) is 111 Å². The van der Waals surface area contributed by atoms with Crippen LogP contribution in [0.4, 0.5) is 11.4 Å². The number of carbonyl (C=O) groups excluding carboxylic acids is 2. The second-order valence-electron chi connectivity index (χ2n) is 15.7. The Labute approximate surface area is 316 Å². The SMILES string of the molecule is COCc1cc(C(C(=O)NC(CC(C)C)c2ccccc2N2CCCCC2)C(=O)NC(CC(C)C)c2ccccc2N2CCCCC2)ccc1C(=O)O. The number of carboxylic acid groups (broad SMARTS) is 1. The van der Waals surface area contributed by atoms with E-state index in [2.05, 4.69) is 84.5 Å². The van der Waals surface area contributed by atoms with Gasteiger partial charge in [-0.3, -0.25) is 9.59 Å². The minimum Gasteiger partial charge on any atom is -0.478 e. The summed E-state index contributed by atoms with van der Waals surface area (Å²) in [5.74, 6) is -2.62. The molecule has 53 heavy (non-hydrogen) atoms. The van der Waals surface area contributed by atoms with Crippen molar-refractivity contribution < 1.29 is 24.2 Å². The smallest absolute Gasteiger partial charge is 0.336 e. The summed E-state index contributed by atoms with van der Waals surface area (Å²) in [5.41, 5.74) is 5.26. The first-order valence-electron chi connectivity index (χ1n) is 19.7. The summed E-state index contributed by atoms with van der Waals surface area (Å²) in [6, 6.07) is 20.7. The molecule has 0 saturated carbocycles. The van der Waals surface area contributed by atoms with Crippen LogP contribution in [0.1, 0.15) is 130 Å². The number of hydrogen-bond acceptors (Lipinski definition) is 6. The molecule has 5 rings (SSSR count). The second-order valence-corrected chi connectivity index (χ2v) is 15.7. The van der Waals surface area contributed by atoms with E-state index in [1.54, 1.807) is 12.1 Å². The van der Waals surface area contributed by atoms with Gasteiger partial charge >= 0.3 is 5.97 Å². The van der Waals surface area contributed by atoms with Crippen molar-refractivity contribution in [1.29, 1.82) is 0 Å². The van der Waals surface area contributed by atoms with E-state index in [-0.39, 0.29) is 36.1 Å². The number of nitrogens with one attached hydrogen (secondary N) is 2. The Kier molecular flexibility index (Phi) is 14.4. The number of aromatic carboxylic acids is 1. The lowest BCUT2D eigenvalue weighted by molar-refractivity contribution is -0.132. The quantitative estimate of drug-likeness (QED) is 0.127. The summed E-state index contributed by atoms with van der Waals surface area (Å²) in [4.78, 5) is 46.7. The number of ether oxygens (including phenoxy) is 1. The molecule has 286 valence electrons. The Bertz CT molecular complexity index is 1590. The van der Waals surface area contributed by atoms with Crippen LogP contribution in [0.15, 0.2) is 66.7 Å². The largest absolute Gasteiger partial charge is 0.478 e. The number of amides is 2. The highest BCUT2D eigenvalue weighted by Crippen LogP contribution is 2.35. The molecule has 2 aliphatic rings. The first-order chi connectivity index (χ1) is 25.6. The van der Waals surface area contributed by atoms with E-state index in [1.165, 1.54) is 26.0 Å². The van der Waals surface area contributed by atoms with Gasteiger partial charge in [-0.05, 0) is 104 Å². The van der Waals surface area contributed by atoms with Crippen molar-refractivity contribution in [3.63, 3.8) is 0 Å². The summed E-state index contributed by atoms with van der Waals surface area (Å²) in [5, 5.41) is 16.6. The Morgan fingerprint density at radius 1 is 0.679 bits per heavy atom. The monoisotopic (exact) mass is 724 g/mol. The van der Waals surface area contributed by atoms with Crippen molar-refractivity contribution in [2.24, 2.45) is 11.8 Å². The van der Waals surface area contributed by atoms with Gasteiger partial charge in [0.15, 0.2) is 0 Å². The number of para-hydroxylation sites is 2. The molecule has 3 aromatic rings. The minimum absolute atomic E-state index is 0.0315. The van der Waals surface area contributed by atoms with Gasteiger partial charge in [0.25, 0.3) is 0 Å². The Hall–Kier alpha value is -4.37. The van der Waals surface area contributed by atoms with Crippen LogP contribution in [-0.4, -0.2) is 56.2 Å². The summed E-state index contributed by atoms with van der Waals surface area (Å²) in [6.45, 7) is 12.5. The van der Waals surface area contributed by atoms with E-state index in [0.29, 0.717) is 24.0 Å². The Balaban J connectivity index is 1.55. The molecule has 2 unspecified atom stereocenters. The van der Waals surface area contributed by atoms with Gasteiger partial charge < -0.3 is 30.3 Å². The average Bonchev–Trinajstić information content (AvgIpc) is 3.15. The number of carbonyl (C=O) groups is 3. The molecule has 0 spiro atoms. The van der Waals surface area contributed by atoms with Crippen LogP contribution >= 0.6 is 0 Å². The molecule has 9 heteroatoms. The molecular weight excluding hydrogens is 665 g/mol. The molecule has 3 N–H and O–H groups in total. The van der Waals surface area contributed by atoms with Gasteiger partial charge in [0.2, 0.25) is 11.8 Å². The lowest BCUT2D eigenvalue weighted by Gasteiger charge is -2.34. The standard InChI is InChI=1S/C44H60N4O5/c1-30(2)26-37(35-16-8-10-18-39(35)47-22-12-6-13-23-47)45-42(49)41(32-20-21-34(44(51)52)33(28-32)29-53-5)43(50)46-38(27-31(3)4)36-17-9-11-19-40(36)48-24-14-7-15-25-48/h8-11,16-21,28,30-31,37-38,41H,6-7,12-15,22-27,29H2,1-5H3,(H,45,49)(H,46,50)(H,51,52). The zero-order chi connectivity index (χ0) is 37.9. The van der Waals surface area contributed by atoms with Gasteiger partial charge in [0.05, 0.1) is 24.3 Å². The fourth-order valence-corrected chi connectivity index (χ4v) is 8.09. The number of benzene rings is 3. The third-order valence-corrected chi connectivity index (χ3v) is 10.6. The molecule has 2 atom stereocenters. The predicted octanol–water partition coefficient (Wildman–Crippen LogP) is 8.40. The first kappa shape index (κ1) is 39.8. The van der Waals surface area contributed by atoms with Crippen LogP contribution in [-0.2, 0) is 20.9 Å². The molecular formula is C44H60N4O5. The number of rotatable bonds is 16. The summed E-state index contributed by atoms with van der Waals surface area (Å²) < 4.78 is 5.37. The normalized spacial score (nSPS) is 16.7. The maximum Gasteiger partial charge on any atom is 0.336 e. The third kappa shape index (κ3) is 10.4. The van der Waals surface area contributed by atoms with E-state index < -0.39 is 23.7 Å². The number of anilines is 2. The lowest BCUT2D eigenvalue weighted by Crippen LogP contribution is -2.43. The van der Waals surface area contributed by atoms with Gasteiger partial charge in [-0.2, -0.15) is 0 Å². The summed E-state index contributed by atoms with van der Waals surface area (Å²) in [6.07, 6.45) is 8.34. The van der Waals surface area contributed by atoms with Crippen LogP contribution < -0.4 is 20.4 Å². The maximum absolute atomic E-state index is 14.8. The van der Waals surface area contributed by atoms with Crippen molar-refractivity contribution in [2.75, 3.05) is 43.1 Å². The van der Waals surface area contributed by atoms with Crippen molar-refractivity contribution in [3.05, 3.63) is 94.5 Å². The zero-order valence-electron chi connectivity index (χ0n) is 32.4. The molecule has 0 aliphatic carbocycles. The molecule has 0 bridgehead atoms. The summed E-state index contributed by atoms with van der Waals surface area (Å²) in [7, 11) is 1.50. The fourth-order valence-electron chi connectivity index (χ4n) is 8.09. The van der Waals surface area contributed by atoms with Gasteiger partial charge in [0, 0.05) is 44.7 Å². The van der Waals surface area contributed by atoms with Crippen LogP contribution in [0.2, 0.25) is 0 Å². The fraction of sp³-hybridized carbons (Fsp3) is 0.523. The van der Waals surface area contributed by atoms with Gasteiger partial charge in [-0.15, -0.1) is 0 Å². The maximum atomic E-state index is 14.8. The average molecular weight is 725 g/mol. The molecule has 3 aromatic carbocycles. The highest BCUT2D eigenvalue weighted by Gasteiger charge is 2.35. The van der Waals surface area contributed by atoms with E-state index >= 15 is 0 Å².